The van der Waals surface area contributed by atoms with Crippen molar-refractivity contribution in [2.45, 2.75) is 32.6 Å². The Labute approximate surface area is 109 Å². The maximum atomic E-state index is 9.91. The van der Waals surface area contributed by atoms with Gasteiger partial charge in [-0.15, -0.1) is 0 Å². The summed E-state index contributed by atoms with van der Waals surface area (Å²) in [6.07, 6.45) is 5.65. The molecule has 0 aliphatic carbocycles. The average Bonchev–Trinajstić information content (AvgIpc) is 2.36. The maximum absolute atomic E-state index is 9.91. The Kier molecular flexibility index (Phi) is 6.29. The van der Waals surface area contributed by atoms with Gasteiger partial charge in [0.2, 0.25) is 0 Å². The number of allylic oxidation sites excluding steroid dienone is 1. The number of aromatic hydroxyl groups is 1. The number of benzene rings is 1. The number of rotatable bonds is 7. The Morgan fingerprint density at radius 1 is 1.39 bits per heavy atom. The minimum Gasteiger partial charge on any atom is -0.504 e. The molecule has 0 aliphatic heterocycles. The van der Waals surface area contributed by atoms with Crippen molar-refractivity contribution in [3.63, 3.8) is 0 Å². The van der Waals surface area contributed by atoms with Gasteiger partial charge in [0.05, 0.1) is 7.11 Å². The molecule has 18 heavy (non-hydrogen) atoms. The fourth-order valence-electron chi connectivity index (χ4n) is 1.85. The van der Waals surface area contributed by atoms with E-state index >= 15 is 0 Å². The number of hydrogen-bond donors (Lipinski definition) is 2. The van der Waals surface area contributed by atoms with Gasteiger partial charge < -0.3 is 14.9 Å². The molecular weight excluding hydrogens is 228 g/mol. The third-order valence-electron chi connectivity index (χ3n) is 2.95. The van der Waals surface area contributed by atoms with Crippen molar-refractivity contribution in [2.24, 2.45) is 0 Å². The zero-order valence-electron chi connectivity index (χ0n) is 11.1. The van der Waals surface area contributed by atoms with E-state index in [1.165, 1.54) is 5.57 Å². The molecule has 0 aromatic heterocycles. The van der Waals surface area contributed by atoms with Crippen molar-refractivity contribution in [1.82, 2.24) is 0 Å². The van der Waals surface area contributed by atoms with Crippen molar-refractivity contribution >= 4 is 0 Å². The van der Waals surface area contributed by atoms with Crippen LogP contribution < -0.4 is 4.74 Å². The number of phenolic OH excluding ortho intramolecular Hbond substituents is 1. The number of hydrogen-bond acceptors (Lipinski definition) is 3. The summed E-state index contributed by atoms with van der Waals surface area (Å²) in [4.78, 5) is 0. The third kappa shape index (κ3) is 4.41. The van der Waals surface area contributed by atoms with Crippen LogP contribution in [0.3, 0.4) is 0 Å². The zero-order valence-corrected chi connectivity index (χ0v) is 11.1. The van der Waals surface area contributed by atoms with Gasteiger partial charge in [-0.2, -0.15) is 0 Å². The van der Waals surface area contributed by atoms with Crippen LogP contribution in [0.25, 0.3) is 0 Å². The van der Waals surface area contributed by atoms with Gasteiger partial charge >= 0.3 is 0 Å². The Bertz CT molecular complexity index is 397. The van der Waals surface area contributed by atoms with Crippen LogP contribution in [0.2, 0.25) is 0 Å². The highest BCUT2D eigenvalue weighted by molar-refractivity contribution is 5.45. The normalized spacial score (nSPS) is 11.6. The molecule has 2 N–H and O–H groups in total. The first-order valence-corrected chi connectivity index (χ1v) is 6.30. The van der Waals surface area contributed by atoms with E-state index in [2.05, 4.69) is 6.08 Å². The molecule has 0 unspecified atom stereocenters. The van der Waals surface area contributed by atoms with Crippen LogP contribution in [0.5, 0.6) is 11.5 Å². The average molecular weight is 250 g/mol. The first kappa shape index (κ1) is 14.6. The molecule has 0 fully saturated rings. The third-order valence-corrected chi connectivity index (χ3v) is 2.95. The molecule has 1 aromatic rings. The lowest BCUT2D eigenvalue weighted by atomic mass is 10.1. The van der Waals surface area contributed by atoms with Crippen LogP contribution in [0, 0.1) is 0 Å². The van der Waals surface area contributed by atoms with E-state index in [4.69, 9.17) is 9.84 Å². The van der Waals surface area contributed by atoms with Crippen molar-refractivity contribution in [1.29, 1.82) is 0 Å². The van der Waals surface area contributed by atoms with Crippen LogP contribution in [0.4, 0.5) is 0 Å². The summed E-state index contributed by atoms with van der Waals surface area (Å²) in [6.45, 7) is 2.23. The summed E-state index contributed by atoms with van der Waals surface area (Å²) in [5.41, 5.74) is 2.13. The molecule has 0 atom stereocenters. The Morgan fingerprint density at radius 2 is 2.17 bits per heavy atom. The Balaban J connectivity index is 2.47. The van der Waals surface area contributed by atoms with Gasteiger partial charge in [-0.3, -0.25) is 0 Å². The number of phenols is 1. The first-order chi connectivity index (χ1) is 8.69. The van der Waals surface area contributed by atoms with Crippen LogP contribution in [0.1, 0.15) is 31.7 Å². The summed E-state index contributed by atoms with van der Waals surface area (Å²) in [6, 6.07) is 5.56. The molecule has 0 saturated heterocycles. The molecule has 0 spiro atoms. The zero-order chi connectivity index (χ0) is 13.4. The second-order valence-corrected chi connectivity index (χ2v) is 4.38. The van der Waals surface area contributed by atoms with E-state index in [9.17, 15) is 5.11 Å². The van der Waals surface area contributed by atoms with Gasteiger partial charge in [-0.05, 0) is 44.2 Å². The van der Waals surface area contributed by atoms with E-state index in [0.29, 0.717) is 5.75 Å². The predicted octanol–water partition coefficient (Wildman–Crippen LogP) is 3.05. The van der Waals surface area contributed by atoms with Crippen LogP contribution >= 0.6 is 0 Å². The number of methoxy groups -OCH3 is 1. The molecular formula is C15H22O3. The molecule has 0 saturated carbocycles. The van der Waals surface area contributed by atoms with Crippen molar-refractivity contribution < 1.29 is 14.9 Å². The first-order valence-electron chi connectivity index (χ1n) is 6.30. The van der Waals surface area contributed by atoms with Gasteiger partial charge in [-0.25, -0.2) is 0 Å². The summed E-state index contributed by atoms with van der Waals surface area (Å²) in [5.74, 6) is 0.774. The smallest absolute Gasteiger partial charge is 0.160 e. The highest BCUT2D eigenvalue weighted by Crippen LogP contribution is 2.30. The monoisotopic (exact) mass is 250 g/mol. The molecule has 0 aliphatic rings. The highest BCUT2D eigenvalue weighted by Gasteiger charge is 2.06. The number of ether oxygens (including phenoxy) is 1. The summed E-state index contributed by atoms with van der Waals surface area (Å²) in [5, 5.41) is 18.7. The molecule has 0 radical (unpaired) electrons. The lowest BCUT2D eigenvalue weighted by molar-refractivity contribution is 0.299. The molecule has 0 heterocycles. The minimum atomic E-state index is 0.207. The topological polar surface area (TPSA) is 49.7 Å². The predicted molar refractivity (Wildman–Crippen MR) is 73.1 cm³/mol. The number of aliphatic hydroxyl groups is 1. The number of aryl methyl sites for hydroxylation is 1. The Hall–Kier alpha value is -1.48. The summed E-state index contributed by atoms with van der Waals surface area (Å²) in [7, 11) is 1.56. The summed E-state index contributed by atoms with van der Waals surface area (Å²) >= 11 is 0. The van der Waals surface area contributed by atoms with Gasteiger partial charge in [-0.1, -0.05) is 23.8 Å². The van der Waals surface area contributed by atoms with E-state index in [1.54, 1.807) is 13.2 Å². The molecule has 3 nitrogen and oxygen atoms in total. The van der Waals surface area contributed by atoms with E-state index in [-0.39, 0.29) is 12.4 Å². The van der Waals surface area contributed by atoms with Crippen LogP contribution in [-0.2, 0) is 6.42 Å². The largest absolute Gasteiger partial charge is 0.504 e. The quantitative estimate of drug-likeness (QED) is 0.577. The van der Waals surface area contributed by atoms with E-state index in [0.717, 1.165) is 31.2 Å². The van der Waals surface area contributed by atoms with Crippen LogP contribution in [0.15, 0.2) is 29.8 Å². The number of aliphatic hydroxyl groups excluding tert-OH is 1. The Morgan fingerprint density at radius 3 is 2.83 bits per heavy atom. The van der Waals surface area contributed by atoms with Gasteiger partial charge in [0, 0.05) is 6.61 Å². The lowest BCUT2D eigenvalue weighted by Crippen LogP contribution is -1.90. The minimum absolute atomic E-state index is 0.207. The maximum Gasteiger partial charge on any atom is 0.160 e. The van der Waals surface area contributed by atoms with Gasteiger partial charge in [0.1, 0.15) is 0 Å². The summed E-state index contributed by atoms with van der Waals surface area (Å²) < 4.78 is 5.07. The van der Waals surface area contributed by atoms with Gasteiger partial charge in [0.15, 0.2) is 11.5 Å². The highest BCUT2D eigenvalue weighted by atomic mass is 16.5. The van der Waals surface area contributed by atoms with Gasteiger partial charge in [0.25, 0.3) is 0 Å². The second kappa shape index (κ2) is 7.77. The van der Waals surface area contributed by atoms with Crippen molar-refractivity contribution in [3.05, 3.63) is 35.4 Å². The van der Waals surface area contributed by atoms with E-state index < -0.39 is 0 Å². The van der Waals surface area contributed by atoms with Crippen LogP contribution in [-0.4, -0.2) is 23.9 Å². The molecule has 100 valence electrons. The number of para-hydroxylation sites is 1. The standard InChI is InChI=1S/C15H22O3/c1-12(10-11-16)6-3-4-7-13-8-5-9-14(18-2)15(13)17/h5-6,8-9,16-17H,3-4,7,10-11H2,1-2H3/b12-6-. The lowest BCUT2D eigenvalue weighted by Gasteiger charge is -2.08. The molecule has 0 bridgehead atoms. The second-order valence-electron chi connectivity index (χ2n) is 4.38. The molecule has 3 heteroatoms. The molecule has 1 aromatic carbocycles. The number of unbranched alkanes of at least 4 members (excludes halogenated alkanes) is 1. The van der Waals surface area contributed by atoms with Crippen molar-refractivity contribution in [3.8, 4) is 11.5 Å². The fourth-order valence-corrected chi connectivity index (χ4v) is 1.85. The van der Waals surface area contributed by atoms with E-state index in [1.807, 2.05) is 19.1 Å². The molecule has 1 rings (SSSR count). The van der Waals surface area contributed by atoms with Crippen molar-refractivity contribution in [2.75, 3.05) is 13.7 Å². The molecule has 0 amide bonds. The SMILES string of the molecule is COc1cccc(CCC/C=C(/C)CCO)c1O. The fraction of sp³-hybridized carbons (Fsp3) is 0.467.